The second-order valence-corrected chi connectivity index (χ2v) is 11.9. The van der Waals surface area contributed by atoms with Gasteiger partial charge in [-0.25, -0.2) is 8.42 Å². The Balaban J connectivity index is 2.04. The van der Waals surface area contributed by atoms with Crippen LogP contribution in [0.4, 0.5) is 5.69 Å². The van der Waals surface area contributed by atoms with E-state index in [9.17, 15) is 18.0 Å². The van der Waals surface area contributed by atoms with Crippen LogP contribution in [0.1, 0.15) is 31.4 Å². The maximum absolute atomic E-state index is 13.9. The molecule has 2 amide bonds. The molecule has 0 saturated carbocycles. The zero-order valence-electron chi connectivity index (χ0n) is 22.6. The number of hydrogen-bond acceptors (Lipinski definition) is 5. The molecule has 0 aliphatic rings. The highest BCUT2D eigenvalue weighted by molar-refractivity contribution is 9.10. The SMILES string of the molecule is CCCNC(=O)[C@@H](C)N(Cc1cccc(Br)c1)C(=O)CN(c1cccc(OC)c1)S(=O)(=O)c1ccc(C)cc1. The van der Waals surface area contributed by atoms with Gasteiger partial charge < -0.3 is 15.0 Å². The van der Waals surface area contributed by atoms with E-state index in [-0.39, 0.29) is 23.0 Å². The van der Waals surface area contributed by atoms with Gasteiger partial charge in [-0.1, -0.05) is 58.7 Å². The molecule has 0 fully saturated rings. The quantitative estimate of drug-likeness (QED) is 0.312. The summed E-state index contributed by atoms with van der Waals surface area (Å²) in [5.74, 6) is -0.385. The largest absolute Gasteiger partial charge is 0.497 e. The molecule has 208 valence electrons. The van der Waals surface area contributed by atoms with Crippen molar-refractivity contribution in [1.82, 2.24) is 10.2 Å². The van der Waals surface area contributed by atoms with Gasteiger partial charge in [0.2, 0.25) is 11.8 Å². The molecule has 3 aromatic rings. The molecular weight excluding hydrogens is 582 g/mol. The first-order valence-corrected chi connectivity index (χ1v) is 14.8. The highest BCUT2D eigenvalue weighted by Gasteiger charge is 2.32. The standard InChI is InChI=1S/C29H34BrN3O5S/c1-5-16-31-29(35)22(3)32(19-23-8-6-9-24(30)17-23)28(34)20-33(25-10-7-11-26(18-25)38-4)39(36,37)27-14-12-21(2)13-15-27/h6-15,17-18,22H,5,16,19-20H2,1-4H3,(H,31,35)/t22-/m1/s1. The van der Waals surface area contributed by atoms with Gasteiger partial charge in [0.15, 0.2) is 0 Å². The van der Waals surface area contributed by atoms with E-state index < -0.39 is 28.5 Å². The Morgan fingerprint density at radius 2 is 1.72 bits per heavy atom. The summed E-state index contributed by atoms with van der Waals surface area (Å²) in [5.41, 5.74) is 1.97. The molecule has 0 aliphatic heterocycles. The number of halogens is 1. The fourth-order valence-corrected chi connectivity index (χ4v) is 5.80. The molecule has 0 spiro atoms. The van der Waals surface area contributed by atoms with Gasteiger partial charge in [-0.3, -0.25) is 13.9 Å². The maximum atomic E-state index is 13.9. The van der Waals surface area contributed by atoms with Crippen LogP contribution in [-0.2, 0) is 26.2 Å². The third-order valence-electron chi connectivity index (χ3n) is 6.19. The summed E-state index contributed by atoms with van der Waals surface area (Å²) in [7, 11) is -2.66. The molecule has 8 nitrogen and oxygen atoms in total. The van der Waals surface area contributed by atoms with E-state index in [2.05, 4.69) is 21.2 Å². The van der Waals surface area contributed by atoms with Crippen molar-refractivity contribution in [3.05, 3.63) is 88.4 Å². The van der Waals surface area contributed by atoms with Crippen LogP contribution < -0.4 is 14.4 Å². The zero-order valence-corrected chi connectivity index (χ0v) is 25.0. The molecule has 0 saturated heterocycles. The van der Waals surface area contributed by atoms with Crippen LogP contribution in [0.2, 0.25) is 0 Å². The van der Waals surface area contributed by atoms with Crippen LogP contribution in [0.5, 0.6) is 5.75 Å². The Hall–Kier alpha value is -3.37. The van der Waals surface area contributed by atoms with Crippen LogP contribution in [0.15, 0.2) is 82.2 Å². The van der Waals surface area contributed by atoms with Crippen LogP contribution in [-0.4, -0.2) is 51.4 Å². The summed E-state index contributed by atoms with van der Waals surface area (Å²) < 4.78 is 35.0. The fraction of sp³-hybridized carbons (Fsp3) is 0.310. The van der Waals surface area contributed by atoms with Crippen molar-refractivity contribution in [3.8, 4) is 5.75 Å². The molecular formula is C29H34BrN3O5S. The van der Waals surface area contributed by atoms with Crippen LogP contribution >= 0.6 is 15.9 Å². The van der Waals surface area contributed by atoms with Gasteiger partial charge in [-0.15, -0.1) is 0 Å². The zero-order chi connectivity index (χ0) is 28.6. The van der Waals surface area contributed by atoms with Gasteiger partial charge in [0.1, 0.15) is 18.3 Å². The minimum absolute atomic E-state index is 0.0518. The molecule has 0 heterocycles. The summed E-state index contributed by atoms with van der Waals surface area (Å²) in [6, 6.07) is 19.6. The number of hydrogen-bond donors (Lipinski definition) is 1. The highest BCUT2D eigenvalue weighted by atomic mass is 79.9. The van der Waals surface area contributed by atoms with Gasteiger partial charge in [0.25, 0.3) is 10.0 Å². The molecule has 10 heteroatoms. The van der Waals surface area contributed by atoms with Crippen LogP contribution in [0.25, 0.3) is 0 Å². The van der Waals surface area contributed by atoms with Crippen molar-refractivity contribution >= 4 is 43.5 Å². The Labute approximate surface area is 239 Å². The molecule has 1 N–H and O–H groups in total. The number of amides is 2. The summed E-state index contributed by atoms with van der Waals surface area (Å²) >= 11 is 3.45. The molecule has 0 unspecified atom stereocenters. The Morgan fingerprint density at radius 3 is 2.36 bits per heavy atom. The highest BCUT2D eigenvalue weighted by Crippen LogP contribution is 2.28. The number of benzene rings is 3. The lowest BCUT2D eigenvalue weighted by molar-refractivity contribution is -0.139. The van der Waals surface area contributed by atoms with Crippen LogP contribution in [0.3, 0.4) is 0 Å². The number of carbonyl (C=O) groups is 2. The number of carbonyl (C=O) groups excluding carboxylic acids is 2. The minimum Gasteiger partial charge on any atom is -0.497 e. The molecule has 3 rings (SSSR count). The first-order chi connectivity index (χ1) is 18.6. The third kappa shape index (κ3) is 7.83. The predicted octanol–water partition coefficient (Wildman–Crippen LogP) is 4.90. The summed E-state index contributed by atoms with van der Waals surface area (Å²) in [6.45, 7) is 5.53. The topological polar surface area (TPSA) is 96.0 Å². The van der Waals surface area contributed by atoms with Crippen molar-refractivity contribution in [1.29, 1.82) is 0 Å². The number of aryl methyl sites for hydroxylation is 1. The fourth-order valence-electron chi connectivity index (χ4n) is 3.94. The van der Waals surface area contributed by atoms with Crippen molar-refractivity contribution in [2.24, 2.45) is 0 Å². The third-order valence-corrected chi connectivity index (χ3v) is 8.47. The number of rotatable bonds is 12. The number of anilines is 1. The lowest BCUT2D eigenvalue weighted by Gasteiger charge is -2.32. The molecule has 0 aromatic heterocycles. The van der Waals surface area contributed by atoms with E-state index in [4.69, 9.17) is 4.74 Å². The summed E-state index contributed by atoms with van der Waals surface area (Å²) in [6.07, 6.45) is 0.746. The molecule has 0 bridgehead atoms. The Kier molecular flexibility index (Phi) is 10.5. The van der Waals surface area contributed by atoms with Crippen LogP contribution in [0, 0.1) is 6.92 Å². The Bertz CT molecular complexity index is 1400. The first-order valence-electron chi connectivity index (χ1n) is 12.6. The van der Waals surface area contributed by atoms with Gasteiger partial charge in [0.05, 0.1) is 17.7 Å². The molecule has 39 heavy (non-hydrogen) atoms. The predicted molar refractivity (Wildman–Crippen MR) is 156 cm³/mol. The van der Waals surface area contributed by atoms with Gasteiger partial charge >= 0.3 is 0 Å². The average Bonchev–Trinajstić information content (AvgIpc) is 2.93. The molecule has 0 radical (unpaired) electrons. The van der Waals surface area contributed by atoms with Gasteiger partial charge in [-0.2, -0.15) is 0 Å². The number of methoxy groups -OCH3 is 1. The monoisotopic (exact) mass is 615 g/mol. The van der Waals surface area contributed by atoms with E-state index in [1.807, 2.05) is 38.1 Å². The average molecular weight is 617 g/mol. The van der Waals surface area contributed by atoms with Crippen molar-refractivity contribution in [3.63, 3.8) is 0 Å². The van der Waals surface area contributed by atoms with Crippen molar-refractivity contribution in [2.75, 3.05) is 24.5 Å². The number of sulfonamides is 1. The second-order valence-electron chi connectivity index (χ2n) is 9.14. The lowest BCUT2D eigenvalue weighted by Crippen LogP contribution is -2.51. The van der Waals surface area contributed by atoms with Gasteiger partial charge in [0, 0.05) is 23.6 Å². The molecule has 0 aliphatic carbocycles. The second kappa shape index (κ2) is 13.6. The Morgan fingerprint density at radius 1 is 1.03 bits per heavy atom. The first kappa shape index (κ1) is 30.2. The van der Waals surface area contributed by atoms with E-state index in [1.54, 1.807) is 43.3 Å². The van der Waals surface area contributed by atoms with Gasteiger partial charge in [-0.05, 0) is 62.2 Å². The molecule has 3 aromatic carbocycles. The summed E-state index contributed by atoms with van der Waals surface area (Å²) in [5, 5.41) is 2.84. The number of ether oxygens (including phenoxy) is 1. The van der Waals surface area contributed by atoms with E-state index in [0.717, 1.165) is 26.3 Å². The lowest BCUT2D eigenvalue weighted by atomic mass is 10.1. The van der Waals surface area contributed by atoms with E-state index in [0.29, 0.717) is 12.3 Å². The smallest absolute Gasteiger partial charge is 0.264 e. The maximum Gasteiger partial charge on any atom is 0.264 e. The van der Waals surface area contributed by atoms with E-state index in [1.165, 1.54) is 24.1 Å². The van der Waals surface area contributed by atoms with Crippen molar-refractivity contribution < 1.29 is 22.7 Å². The normalized spacial score (nSPS) is 11.9. The van der Waals surface area contributed by atoms with E-state index >= 15 is 0 Å². The number of nitrogens with one attached hydrogen (secondary N) is 1. The summed E-state index contributed by atoms with van der Waals surface area (Å²) in [4.78, 5) is 28.3. The van der Waals surface area contributed by atoms with Crippen molar-refractivity contribution in [2.45, 2.75) is 44.7 Å². The number of nitrogens with zero attached hydrogens (tertiary/aromatic N) is 2. The minimum atomic E-state index is -4.14. The molecule has 1 atom stereocenters.